The fourth-order valence-electron chi connectivity index (χ4n) is 3.44. The van der Waals surface area contributed by atoms with Crippen LogP contribution in [0.3, 0.4) is 0 Å². The molecule has 2 aliphatic rings. The summed E-state index contributed by atoms with van der Waals surface area (Å²) in [6.45, 7) is -1.92. The number of benzene rings is 2. The number of carbonyl (C=O) groups excluding carboxylic acids is 1. The fourth-order valence-corrected chi connectivity index (χ4v) is 3.44. The van der Waals surface area contributed by atoms with E-state index in [-0.39, 0.29) is 17.9 Å². The molecule has 1 unspecified atom stereocenters. The second kappa shape index (κ2) is 8.27. The maximum Gasteiger partial charge on any atom is 0.387 e. The minimum atomic E-state index is -3.00. The minimum absolute atomic E-state index is 0.0980. The molecule has 2 N–H and O–H groups in total. The van der Waals surface area contributed by atoms with Gasteiger partial charge in [0.15, 0.2) is 17.1 Å². The molecule has 4 rings (SSSR count). The van der Waals surface area contributed by atoms with Crippen LogP contribution < -0.4 is 15.2 Å². The number of ether oxygens (including phenoxy) is 3. The Morgan fingerprint density at radius 2 is 2.00 bits per heavy atom. The lowest BCUT2D eigenvalue weighted by Crippen LogP contribution is -2.29. The van der Waals surface area contributed by atoms with Crippen molar-refractivity contribution in [2.75, 3.05) is 13.2 Å². The second-order valence-electron chi connectivity index (χ2n) is 7.22. The molecular formula is C21H20F2N2O5. The summed E-state index contributed by atoms with van der Waals surface area (Å²) in [7, 11) is 0. The van der Waals surface area contributed by atoms with Crippen molar-refractivity contribution in [1.82, 2.24) is 0 Å². The number of hydrogen-bond donors (Lipinski definition) is 1. The van der Waals surface area contributed by atoms with E-state index in [9.17, 15) is 13.6 Å². The zero-order valence-electron chi connectivity index (χ0n) is 16.0. The van der Waals surface area contributed by atoms with Crippen LogP contribution in [0.4, 0.5) is 8.78 Å². The minimum Gasteiger partial charge on any atom is -0.453 e. The van der Waals surface area contributed by atoms with Gasteiger partial charge in [0.1, 0.15) is 5.75 Å². The van der Waals surface area contributed by atoms with E-state index >= 15 is 0 Å². The predicted octanol–water partition coefficient (Wildman–Crippen LogP) is 3.39. The van der Waals surface area contributed by atoms with Crippen molar-refractivity contribution in [3.05, 3.63) is 53.6 Å². The van der Waals surface area contributed by atoms with Gasteiger partial charge < -0.3 is 24.8 Å². The quantitative estimate of drug-likeness (QED) is 0.744. The molecule has 2 heterocycles. The van der Waals surface area contributed by atoms with Crippen molar-refractivity contribution < 1.29 is 32.6 Å². The van der Waals surface area contributed by atoms with Gasteiger partial charge in [-0.3, -0.25) is 4.79 Å². The normalized spacial score (nSPS) is 20.3. The first-order chi connectivity index (χ1) is 14.4. The molecule has 2 aliphatic heterocycles. The Hall–Kier alpha value is -3.20. The lowest BCUT2D eigenvalue weighted by molar-refractivity contribution is -0.117. The Bertz CT molecular complexity index is 956. The van der Waals surface area contributed by atoms with E-state index in [1.54, 1.807) is 36.4 Å². The van der Waals surface area contributed by atoms with Crippen LogP contribution in [-0.4, -0.2) is 37.0 Å². The van der Waals surface area contributed by atoms with Crippen LogP contribution in [-0.2, 0) is 20.8 Å². The number of hydrogen-bond acceptors (Lipinski definition) is 6. The maximum atomic E-state index is 12.8. The number of nitrogens with two attached hydrogens (primary N) is 1. The van der Waals surface area contributed by atoms with Gasteiger partial charge in [-0.05, 0) is 35.9 Å². The summed E-state index contributed by atoms with van der Waals surface area (Å²) in [6, 6.07) is 11.2. The number of rotatable bonds is 7. The summed E-state index contributed by atoms with van der Waals surface area (Å²) in [4.78, 5) is 16.6. The van der Waals surface area contributed by atoms with Crippen molar-refractivity contribution in [3.8, 4) is 17.2 Å². The van der Waals surface area contributed by atoms with Gasteiger partial charge in [0.2, 0.25) is 5.91 Å². The Balaban J connectivity index is 1.57. The third-order valence-electron chi connectivity index (χ3n) is 4.93. The number of oxime groups is 1. The molecule has 0 aromatic heterocycles. The summed E-state index contributed by atoms with van der Waals surface area (Å²) in [5.41, 5.74) is 6.82. The van der Waals surface area contributed by atoms with Gasteiger partial charge in [0, 0.05) is 18.4 Å². The molecule has 0 radical (unpaired) electrons. The molecule has 1 saturated heterocycles. The Labute approximate surface area is 171 Å². The third-order valence-corrected chi connectivity index (χ3v) is 4.93. The number of carbonyl (C=O) groups is 1. The lowest BCUT2D eigenvalue weighted by atomic mass is 9.93. The zero-order chi connectivity index (χ0) is 21.1. The molecule has 0 bridgehead atoms. The maximum absolute atomic E-state index is 12.8. The summed E-state index contributed by atoms with van der Waals surface area (Å²) in [5, 5.41) is 4.17. The Morgan fingerprint density at radius 3 is 2.67 bits per heavy atom. The molecule has 2 aromatic rings. The van der Waals surface area contributed by atoms with Crippen molar-refractivity contribution in [2.24, 2.45) is 10.9 Å². The molecule has 2 aromatic carbocycles. The van der Waals surface area contributed by atoms with Gasteiger partial charge in [0.25, 0.3) is 0 Å². The van der Waals surface area contributed by atoms with E-state index in [1.165, 1.54) is 6.07 Å². The Morgan fingerprint density at radius 1 is 1.20 bits per heavy atom. The first-order valence-electron chi connectivity index (χ1n) is 9.40. The van der Waals surface area contributed by atoms with E-state index in [2.05, 4.69) is 9.89 Å². The van der Waals surface area contributed by atoms with Crippen LogP contribution in [0.15, 0.2) is 47.6 Å². The third kappa shape index (κ3) is 4.51. The first-order valence-corrected chi connectivity index (χ1v) is 9.40. The second-order valence-corrected chi connectivity index (χ2v) is 7.22. The highest BCUT2D eigenvalue weighted by Gasteiger charge is 2.43. The number of alkyl halides is 2. The summed E-state index contributed by atoms with van der Waals surface area (Å²) < 4.78 is 41.5. The standard InChI is InChI=1S/C21H20F2N2O5/c22-20(23)29-17-6-3-14(16-11-21(30-25-16)7-8-27-12-21)10-18(17)28-15-4-1-13(2-5-15)9-19(24)26/h1-6,10,20H,7-9,11-12H2,(H2,24,26). The van der Waals surface area contributed by atoms with Crippen molar-refractivity contribution in [2.45, 2.75) is 31.5 Å². The van der Waals surface area contributed by atoms with Crippen LogP contribution in [0.25, 0.3) is 0 Å². The SMILES string of the molecule is NC(=O)Cc1ccc(Oc2cc(C3=NOC4(CCOC4)C3)ccc2OC(F)F)cc1. The van der Waals surface area contributed by atoms with Crippen LogP contribution >= 0.6 is 0 Å². The van der Waals surface area contributed by atoms with Crippen molar-refractivity contribution in [3.63, 3.8) is 0 Å². The highest BCUT2D eigenvalue weighted by Crippen LogP contribution is 2.38. The predicted molar refractivity (Wildman–Crippen MR) is 103 cm³/mol. The van der Waals surface area contributed by atoms with Crippen LogP contribution in [0.1, 0.15) is 24.0 Å². The smallest absolute Gasteiger partial charge is 0.387 e. The molecule has 1 atom stereocenters. The van der Waals surface area contributed by atoms with E-state index in [4.69, 9.17) is 20.0 Å². The van der Waals surface area contributed by atoms with Gasteiger partial charge >= 0.3 is 6.61 Å². The number of halogens is 2. The monoisotopic (exact) mass is 418 g/mol. The highest BCUT2D eigenvalue weighted by atomic mass is 19.3. The first kappa shape index (κ1) is 20.1. The molecule has 7 nitrogen and oxygen atoms in total. The molecule has 9 heteroatoms. The van der Waals surface area contributed by atoms with Gasteiger partial charge in [-0.25, -0.2) is 0 Å². The van der Waals surface area contributed by atoms with E-state index in [0.717, 1.165) is 6.42 Å². The molecule has 158 valence electrons. The molecule has 0 saturated carbocycles. The van der Waals surface area contributed by atoms with Crippen LogP contribution in [0.5, 0.6) is 17.2 Å². The summed E-state index contributed by atoms with van der Waals surface area (Å²) >= 11 is 0. The Kier molecular flexibility index (Phi) is 5.54. The lowest BCUT2D eigenvalue weighted by Gasteiger charge is -2.17. The van der Waals surface area contributed by atoms with Gasteiger partial charge in [-0.1, -0.05) is 17.3 Å². The van der Waals surface area contributed by atoms with Gasteiger partial charge in [0.05, 0.1) is 25.3 Å². The number of primary amides is 1. The van der Waals surface area contributed by atoms with Crippen LogP contribution in [0.2, 0.25) is 0 Å². The molecule has 1 amide bonds. The summed E-state index contributed by atoms with van der Waals surface area (Å²) in [5.74, 6) is -0.0473. The zero-order valence-corrected chi connectivity index (χ0v) is 16.0. The molecule has 30 heavy (non-hydrogen) atoms. The molecule has 1 spiro atoms. The van der Waals surface area contributed by atoms with Crippen LogP contribution in [0, 0.1) is 0 Å². The molecule has 0 aliphatic carbocycles. The van der Waals surface area contributed by atoms with E-state index < -0.39 is 18.1 Å². The largest absolute Gasteiger partial charge is 0.453 e. The van der Waals surface area contributed by atoms with Gasteiger partial charge in [-0.2, -0.15) is 8.78 Å². The van der Waals surface area contributed by atoms with E-state index in [1.807, 2.05) is 0 Å². The van der Waals surface area contributed by atoms with Crippen molar-refractivity contribution in [1.29, 1.82) is 0 Å². The average molecular weight is 418 g/mol. The average Bonchev–Trinajstić information content (AvgIpc) is 3.34. The van der Waals surface area contributed by atoms with Crippen molar-refractivity contribution >= 4 is 11.6 Å². The van der Waals surface area contributed by atoms with E-state index in [0.29, 0.717) is 42.2 Å². The molecule has 1 fully saturated rings. The molecular weight excluding hydrogens is 398 g/mol. The summed E-state index contributed by atoms with van der Waals surface area (Å²) in [6.07, 6.45) is 1.40. The number of nitrogens with zero attached hydrogens (tertiary/aromatic N) is 1. The van der Waals surface area contributed by atoms with Gasteiger partial charge in [-0.15, -0.1) is 0 Å². The fraction of sp³-hybridized carbons (Fsp3) is 0.333. The topological polar surface area (TPSA) is 92.4 Å². The highest BCUT2D eigenvalue weighted by molar-refractivity contribution is 6.02. The number of amides is 1.